The summed E-state index contributed by atoms with van der Waals surface area (Å²) >= 11 is 0. The molecule has 0 unspecified atom stereocenters. The van der Waals surface area contributed by atoms with Gasteiger partial charge in [0.05, 0.1) is 24.0 Å². The minimum absolute atomic E-state index is 0.0861. The van der Waals surface area contributed by atoms with Crippen LogP contribution in [-0.2, 0) is 15.8 Å². The van der Waals surface area contributed by atoms with E-state index in [4.69, 9.17) is 10.00 Å². The lowest BCUT2D eigenvalue weighted by Gasteiger charge is -2.10. The van der Waals surface area contributed by atoms with Crippen molar-refractivity contribution in [3.05, 3.63) is 65.0 Å². The van der Waals surface area contributed by atoms with Gasteiger partial charge in [0, 0.05) is 5.56 Å². The number of hydrogen-bond acceptors (Lipinski definition) is 5. The fourth-order valence-electron chi connectivity index (χ4n) is 2.64. The van der Waals surface area contributed by atoms with E-state index in [1.807, 2.05) is 4.83 Å². The smallest absolute Gasteiger partial charge is 0.266 e. The van der Waals surface area contributed by atoms with Crippen molar-refractivity contribution in [1.82, 2.24) is 10.3 Å². The number of nitrogens with one attached hydrogen (secondary N) is 2. The predicted octanol–water partition coefficient (Wildman–Crippen LogP) is 3.42. The second-order valence-electron chi connectivity index (χ2n) is 6.66. The lowest BCUT2D eigenvalue weighted by Crippen LogP contribution is -2.42. The quantitative estimate of drug-likeness (QED) is 0.417. The van der Waals surface area contributed by atoms with E-state index in [9.17, 15) is 17.6 Å². The van der Waals surface area contributed by atoms with Crippen molar-refractivity contribution in [3.8, 4) is 11.8 Å². The molecule has 0 spiro atoms. The van der Waals surface area contributed by atoms with Crippen molar-refractivity contribution in [2.75, 3.05) is 6.61 Å². The Morgan fingerprint density at radius 3 is 2.53 bits per heavy atom. The van der Waals surface area contributed by atoms with Gasteiger partial charge in [-0.05, 0) is 48.4 Å². The van der Waals surface area contributed by atoms with Crippen LogP contribution in [0.2, 0.25) is 0 Å². The lowest BCUT2D eigenvalue weighted by molar-refractivity contribution is 0.0945. The average molecular weight is 434 g/mol. The molecule has 0 fully saturated rings. The Hall–Kier alpha value is -2.96. The number of hydrazine groups is 1. The molecule has 2 aromatic carbocycles. The van der Waals surface area contributed by atoms with E-state index >= 15 is 0 Å². The molecule has 9 heteroatoms. The largest absolute Gasteiger partial charge is 0.494 e. The molecule has 2 rings (SSSR count). The van der Waals surface area contributed by atoms with Gasteiger partial charge in [-0.1, -0.05) is 32.3 Å². The number of amides is 1. The fraction of sp³-hybridized carbons (Fsp3) is 0.333. The predicted molar refractivity (Wildman–Crippen MR) is 110 cm³/mol. The number of nitrogens with zero attached hydrogens (tertiary/aromatic N) is 1. The molecule has 0 aromatic heterocycles. The van der Waals surface area contributed by atoms with E-state index < -0.39 is 27.5 Å². The molecular formula is C21H24FN3O4S. The molecule has 0 heterocycles. The normalized spacial score (nSPS) is 11.0. The van der Waals surface area contributed by atoms with E-state index in [-0.39, 0.29) is 16.7 Å². The fourth-order valence-corrected chi connectivity index (χ4v) is 3.62. The highest BCUT2D eigenvalue weighted by Crippen LogP contribution is 2.14. The van der Waals surface area contributed by atoms with E-state index in [0.717, 1.165) is 37.8 Å². The number of hydrogen-bond donors (Lipinski definition) is 2. The van der Waals surface area contributed by atoms with Crippen LogP contribution in [0.15, 0.2) is 42.5 Å². The Balaban J connectivity index is 1.88. The lowest BCUT2D eigenvalue weighted by atomic mass is 10.1. The molecule has 0 bridgehead atoms. The van der Waals surface area contributed by atoms with Gasteiger partial charge in [-0.25, -0.2) is 12.8 Å². The minimum Gasteiger partial charge on any atom is -0.494 e. The summed E-state index contributed by atoms with van der Waals surface area (Å²) in [6.07, 6.45) is 4.37. The number of unbranched alkanes of at least 4 members (excludes halogenated alkanes) is 3. The van der Waals surface area contributed by atoms with Crippen LogP contribution in [0.1, 0.15) is 54.1 Å². The number of halogens is 1. The summed E-state index contributed by atoms with van der Waals surface area (Å²) in [5.41, 5.74) is 2.41. The molecule has 0 aliphatic rings. The summed E-state index contributed by atoms with van der Waals surface area (Å²) in [5, 5.41) is 9.01. The highest BCUT2D eigenvalue weighted by atomic mass is 32.2. The van der Waals surface area contributed by atoms with Gasteiger partial charge in [0.15, 0.2) is 0 Å². The Bertz CT molecular complexity index is 1000. The standard InChI is InChI=1S/C21H24FN3O4S/c1-2-3-4-5-12-29-20-10-7-16(8-11-20)21(26)24-25-30(27,28)15-17-6-9-19(22)13-18(17)14-23/h6-11,13,25H,2-5,12,15H2,1H3,(H,24,26). The van der Waals surface area contributed by atoms with Gasteiger partial charge in [-0.3, -0.25) is 10.2 Å². The van der Waals surface area contributed by atoms with Crippen molar-refractivity contribution in [2.45, 2.75) is 38.4 Å². The summed E-state index contributed by atoms with van der Waals surface area (Å²) in [6.45, 7) is 2.73. The van der Waals surface area contributed by atoms with Gasteiger partial charge in [-0.2, -0.15) is 5.26 Å². The van der Waals surface area contributed by atoms with Crippen LogP contribution in [0, 0.1) is 17.1 Å². The second kappa shape index (κ2) is 11.3. The third kappa shape index (κ3) is 7.46. The maximum Gasteiger partial charge on any atom is 0.266 e. The van der Waals surface area contributed by atoms with Gasteiger partial charge in [0.25, 0.3) is 5.91 Å². The zero-order chi connectivity index (χ0) is 22.0. The summed E-state index contributed by atoms with van der Waals surface area (Å²) in [5.74, 6) is -1.24. The maximum absolute atomic E-state index is 13.2. The highest BCUT2D eigenvalue weighted by molar-refractivity contribution is 7.88. The number of carbonyl (C=O) groups is 1. The number of benzene rings is 2. The first-order valence-electron chi connectivity index (χ1n) is 9.56. The molecule has 30 heavy (non-hydrogen) atoms. The molecule has 160 valence electrons. The van der Waals surface area contributed by atoms with Crippen LogP contribution in [0.3, 0.4) is 0 Å². The van der Waals surface area contributed by atoms with Crippen LogP contribution < -0.4 is 15.0 Å². The number of rotatable bonds is 11. The van der Waals surface area contributed by atoms with Gasteiger partial charge in [0.1, 0.15) is 11.6 Å². The van der Waals surface area contributed by atoms with Crippen molar-refractivity contribution in [1.29, 1.82) is 5.26 Å². The Kier molecular flexibility index (Phi) is 8.77. The average Bonchev–Trinajstić information content (AvgIpc) is 2.73. The van der Waals surface area contributed by atoms with Gasteiger partial charge >= 0.3 is 0 Å². The Labute approximate surface area is 175 Å². The number of carbonyl (C=O) groups excluding carboxylic acids is 1. The highest BCUT2D eigenvalue weighted by Gasteiger charge is 2.16. The first-order valence-corrected chi connectivity index (χ1v) is 11.2. The van der Waals surface area contributed by atoms with Crippen molar-refractivity contribution in [3.63, 3.8) is 0 Å². The molecule has 1 amide bonds. The molecule has 0 saturated heterocycles. The SMILES string of the molecule is CCCCCCOc1ccc(C(=O)NNS(=O)(=O)Cc2ccc(F)cc2C#N)cc1. The van der Waals surface area contributed by atoms with Crippen LogP contribution in [0.4, 0.5) is 4.39 Å². The van der Waals surface area contributed by atoms with Crippen LogP contribution in [0.5, 0.6) is 5.75 Å². The number of ether oxygens (including phenoxy) is 1. The van der Waals surface area contributed by atoms with Gasteiger partial charge in [0.2, 0.25) is 10.0 Å². The van der Waals surface area contributed by atoms with E-state index in [1.54, 1.807) is 18.2 Å². The van der Waals surface area contributed by atoms with Crippen LogP contribution in [0.25, 0.3) is 0 Å². The first kappa shape index (κ1) is 23.3. The Morgan fingerprint density at radius 1 is 1.13 bits per heavy atom. The third-order valence-corrected chi connectivity index (χ3v) is 5.35. The first-order chi connectivity index (χ1) is 14.3. The molecular weight excluding hydrogens is 409 g/mol. The summed E-state index contributed by atoms with van der Waals surface area (Å²) in [7, 11) is -3.99. The zero-order valence-corrected chi connectivity index (χ0v) is 17.5. The van der Waals surface area contributed by atoms with Gasteiger partial charge in [-0.15, -0.1) is 4.83 Å². The van der Waals surface area contributed by atoms with Gasteiger partial charge < -0.3 is 4.74 Å². The van der Waals surface area contributed by atoms with E-state index in [1.165, 1.54) is 18.2 Å². The Morgan fingerprint density at radius 2 is 1.87 bits per heavy atom. The molecule has 2 aromatic rings. The van der Waals surface area contributed by atoms with Crippen molar-refractivity contribution < 1.29 is 22.3 Å². The van der Waals surface area contributed by atoms with Crippen LogP contribution in [-0.4, -0.2) is 20.9 Å². The molecule has 2 N–H and O–H groups in total. The molecule has 0 aliphatic heterocycles. The third-order valence-electron chi connectivity index (χ3n) is 4.24. The van der Waals surface area contributed by atoms with Crippen molar-refractivity contribution >= 4 is 15.9 Å². The monoisotopic (exact) mass is 433 g/mol. The summed E-state index contributed by atoms with van der Waals surface area (Å²) in [6, 6.07) is 11.3. The second-order valence-corrected chi connectivity index (χ2v) is 8.38. The van der Waals surface area contributed by atoms with Crippen LogP contribution >= 0.6 is 0 Å². The summed E-state index contributed by atoms with van der Waals surface area (Å²) in [4.78, 5) is 14.2. The molecule has 0 aliphatic carbocycles. The minimum atomic E-state index is -3.99. The van der Waals surface area contributed by atoms with E-state index in [0.29, 0.717) is 12.4 Å². The number of nitriles is 1. The topological polar surface area (TPSA) is 108 Å². The van der Waals surface area contributed by atoms with Crippen molar-refractivity contribution in [2.24, 2.45) is 0 Å². The molecule has 7 nitrogen and oxygen atoms in total. The molecule has 0 radical (unpaired) electrons. The molecule has 0 saturated carbocycles. The maximum atomic E-state index is 13.2. The van der Waals surface area contributed by atoms with E-state index in [2.05, 4.69) is 12.3 Å². The molecule has 0 atom stereocenters. The number of sulfonamides is 1. The summed E-state index contributed by atoms with van der Waals surface area (Å²) < 4.78 is 43.1. The zero-order valence-electron chi connectivity index (χ0n) is 16.7.